The minimum Gasteiger partial charge on any atom is -0.342 e. The molecule has 0 spiro atoms. The quantitative estimate of drug-likeness (QED) is 0.435. The van der Waals surface area contributed by atoms with E-state index >= 15 is 0 Å². The third-order valence-corrected chi connectivity index (χ3v) is 6.73. The van der Waals surface area contributed by atoms with E-state index in [0.717, 1.165) is 30.6 Å². The zero-order valence-electron chi connectivity index (χ0n) is 18.6. The third kappa shape index (κ3) is 3.09. The molecular weight excluding hydrogens is 412 g/mol. The van der Waals surface area contributed by atoms with Crippen molar-refractivity contribution < 1.29 is 4.79 Å². The minimum atomic E-state index is -0.265. The summed E-state index contributed by atoms with van der Waals surface area (Å²) in [5.41, 5.74) is 4.02. The van der Waals surface area contributed by atoms with E-state index in [4.69, 9.17) is 9.97 Å². The second-order valence-corrected chi connectivity index (χ2v) is 9.39. The molecule has 1 aliphatic heterocycles. The molecule has 2 aromatic carbocycles. The molecule has 2 aliphatic rings. The van der Waals surface area contributed by atoms with Crippen LogP contribution in [0.15, 0.2) is 59.4 Å². The van der Waals surface area contributed by atoms with Gasteiger partial charge in [0.2, 0.25) is 5.95 Å². The van der Waals surface area contributed by atoms with Crippen LogP contribution in [0.5, 0.6) is 0 Å². The fraction of sp³-hybridized carbons (Fsp3) is 0.259. The highest BCUT2D eigenvalue weighted by molar-refractivity contribution is 6.26. The highest BCUT2D eigenvalue weighted by Gasteiger charge is 2.34. The van der Waals surface area contributed by atoms with Crippen molar-refractivity contribution in [3.8, 4) is 22.4 Å². The molecule has 1 aliphatic carbocycles. The molecule has 3 heterocycles. The average molecular weight is 437 g/mol. The van der Waals surface area contributed by atoms with E-state index in [2.05, 4.69) is 23.7 Å². The van der Waals surface area contributed by atoms with Crippen LogP contribution in [0.2, 0.25) is 0 Å². The maximum atomic E-state index is 13.5. The number of nitrogens with zero attached hydrogens (tertiary/aromatic N) is 3. The van der Waals surface area contributed by atoms with Gasteiger partial charge in [0.15, 0.2) is 11.4 Å². The number of pyridine rings is 1. The first-order valence-electron chi connectivity index (χ1n) is 11.4. The number of H-pyrrole nitrogens is 1. The second kappa shape index (κ2) is 7.37. The van der Waals surface area contributed by atoms with Gasteiger partial charge in [0, 0.05) is 29.8 Å². The Balaban J connectivity index is 1.66. The fourth-order valence-corrected chi connectivity index (χ4v) is 5.48. The molecule has 1 saturated heterocycles. The van der Waals surface area contributed by atoms with Gasteiger partial charge in [0.1, 0.15) is 0 Å². The summed E-state index contributed by atoms with van der Waals surface area (Å²) in [7, 11) is 0. The molecule has 0 saturated carbocycles. The summed E-state index contributed by atoms with van der Waals surface area (Å²) in [6.07, 6.45) is 1.16. The lowest BCUT2D eigenvalue weighted by atomic mass is 9.92. The van der Waals surface area contributed by atoms with E-state index in [9.17, 15) is 9.59 Å². The number of fused-ring (bicyclic) bond motifs is 4. The monoisotopic (exact) mass is 436 g/mol. The number of carbonyl (C=O) groups excluding carboxylic acids is 1. The van der Waals surface area contributed by atoms with Crippen LogP contribution in [0.3, 0.4) is 0 Å². The number of aromatic nitrogens is 3. The van der Waals surface area contributed by atoms with Gasteiger partial charge >= 0.3 is 0 Å². The molecule has 6 heteroatoms. The first kappa shape index (κ1) is 19.9. The maximum absolute atomic E-state index is 13.5. The first-order chi connectivity index (χ1) is 16.0. The Morgan fingerprint density at radius 1 is 0.848 bits per heavy atom. The van der Waals surface area contributed by atoms with Crippen molar-refractivity contribution in [2.24, 2.45) is 11.8 Å². The minimum absolute atomic E-state index is 0.101. The van der Waals surface area contributed by atoms with Crippen molar-refractivity contribution in [1.29, 1.82) is 0 Å². The predicted molar refractivity (Wildman–Crippen MR) is 130 cm³/mol. The Bertz CT molecular complexity index is 1470. The van der Waals surface area contributed by atoms with Gasteiger partial charge in [0.05, 0.1) is 16.6 Å². The normalized spacial score (nSPS) is 19.6. The van der Waals surface area contributed by atoms with Crippen LogP contribution in [0.4, 0.5) is 5.95 Å². The summed E-state index contributed by atoms with van der Waals surface area (Å²) in [5.74, 6) is 1.49. The largest absolute Gasteiger partial charge is 0.342 e. The highest BCUT2D eigenvalue weighted by atomic mass is 16.1. The molecule has 2 atom stereocenters. The zero-order chi connectivity index (χ0) is 22.7. The Morgan fingerprint density at radius 3 is 2.24 bits per heavy atom. The summed E-state index contributed by atoms with van der Waals surface area (Å²) >= 11 is 0. The van der Waals surface area contributed by atoms with Gasteiger partial charge in [-0.2, -0.15) is 4.98 Å². The molecule has 0 unspecified atom stereocenters. The van der Waals surface area contributed by atoms with Crippen LogP contribution in [0.1, 0.15) is 36.2 Å². The molecule has 164 valence electrons. The lowest BCUT2D eigenvalue weighted by Crippen LogP contribution is -2.40. The van der Waals surface area contributed by atoms with E-state index in [0.29, 0.717) is 51.2 Å². The molecule has 6 nitrogen and oxygen atoms in total. The van der Waals surface area contributed by atoms with Gasteiger partial charge in [0.25, 0.3) is 5.56 Å². The van der Waals surface area contributed by atoms with Crippen molar-refractivity contribution in [3.63, 3.8) is 0 Å². The fourth-order valence-electron chi connectivity index (χ4n) is 5.48. The summed E-state index contributed by atoms with van der Waals surface area (Å²) < 4.78 is 0. The Kier molecular flexibility index (Phi) is 4.43. The number of benzene rings is 2. The molecule has 1 fully saturated rings. The number of hydrogen-bond donors (Lipinski definition) is 1. The summed E-state index contributed by atoms with van der Waals surface area (Å²) in [4.78, 5) is 41.8. The topological polar surface area (TPSA) is 79.0 Å². The number of nitrogens with one attached hydrogen (secondary N) is 1. The number of rotatable bonds is 2. The maximum Gasteiger partial charge on any atom is 0.262 e. The number of ketones is 1. The van der Waals surface area contributed by atoms with Crippen molar-refractivity contribution >= 4 is 22.8 Å². The van der Waals surface area contributed by atoms with E-state index in [1.54, 1.807) is 0 Å². The molecule has 6 rings (SSSR count). The molecule has 0 radical (unpaired) electrons. The van der Waals surface area contributed by atoms with Crippen LogP contribution in [-0.2, 0) is 0 Å². The van der Waals surface area contributed by atoms with Crippen molar-refractivity contribution in [3.05, 3.63) is 76.1 Å². The first-order valence-corrected chi connectivity index (χ1v) is 11.4. The smallest absolute Gasteiger partial charge is 0.262 e. The molecular formula is C27H24N4O2. The van der Waals surface area contributed by atoms with Crippen LogP contribution in [-0.4, -0.2) is 33.8 Å². The lowest BCUT2D eigenvalue weighted by Gasteiger charge is -2.35. The van der Waals surface area contributed by atoms with Crippen molar-refractivity contribution in [2.75, 3.05) is 18.0 Å². The summed E-state index contributed by atoms with van der Waals surface area (Å²) in [5, 5.41) is 0.364. The molecule has 4 aromatic rings. The van der Waals surface area contributed by atoms with Gasteiger partial charge < -0.3 is 4.90 Å². The zero-order valence-corrected chi connectivity index (χ0v) is 18.6. The van der Waals surface area contributed by atoms with E-state index in [-0.39, 0.29) is 11.3 Å². The van der Waals surface area contributed by atoms with Crippen molar-refractivity contribution in [2.45, 2.75) is 20.3 Å². The number of carbonyl (C=O) groups is 1. The highest BCUT2D eigenvalue weighted by Crippen LogP contribution is 2.42. The van der Waals surface area contributed by atoms with Crippen LogP contribution < -0.4 is 10.5 Å². The Morgan fingerprint density at radius 2 is 1.52 bits per heavy atom. The van der Waals surface area contributed by atoms with E-state index < -0.39 is 0 Å². The average Bonchev–Trinajstić information content (AvgIpc) is 3.09. The SMILES string of the molecule is C[C@@H]1C[C@H](C)CN(c2nc3nc4c(c(-c5ccccc5)c3c(=O)[nH]2)C(=O)c2ccccc2-4)C1. The molecule has 33 heavy (non-hydrogen) atoms. The van der Waals surface area contributed by atoms with Crippen molar-refractivity contribution in [1.82, 2.24) is 15.0 Å². The van der Waals surface area contributed by atoms with Gasteiger partial charge in [-0.05, 0) is 23.8 Å². The van der Waals surface area contributed by atoms with Gasteiger partial charge in [-0.15, -0.1) is 0 Å². The second-order valence-electron chi connectivity index (χ2n) is 9.39. The molecule has 0 amide bonds. The van der Waals surface area contributed by atoms with E-state index in [1.165, 1.54) is 0 Å². The van der Waals surface area contributed by atoms with Crippen LogP contribution in [0.25, 0.3) is 33.4 Å². The van der Waals surface area contributed by atoms with E-state index in [1.807, 2.05) is 54.6 Å². The standard InChI is InChI=1S/C27H24N4O2/c1-15-12-16(2)14-31(13-15)27-29-25-22(26(33)30-27)20(17-8-4-3-5-9-17)21-23(28-25)18-10-6-7-11-19(18)24(21)32/h3-11,15-16H,12-14H2,1-2H3,(H,28,29,30,33)/t15-,16+. The van der Waals surface area contributed by atoms with Crippen LogP contribution in [0, 0.1) is 11.8 Å². The third-order valence-electron chi connectivity index (χ3n) is 6.73. The molecule has 0 bridgehead atoms. The molecule has 2 aromatic heterocycles. The van der Waals surface area contributed by atoms with Gasteiger partial charge in [-0.25, -0.2) is 4.98 Å². The Hall–Kier alpha value is -3.80. The van der Waals surface area contributed by atoms with Gasteiger partial charge in [-0.1, -0.05) is 68.4 Å². The van der Waals surface area contributed by atoms with Gasteiger partial charge in [-0.3, -0.25) is 14.6 Å². The number of anilines is 1. The molecule has 1 N–H and O–H groups in total. The number of aromatic amines is 1. The summed E-state index contributed by atoms with van der Waals surface area (Å²) in [6.45, 7) is 6.14. The summed E-state index contributed by atoms with van der Waals surface area (Å²) in [6, 6.07) is 17.1. The number of piperidine rings is 1. The predicted octanol–water partition coefficient (Wildman–Crippen LogP) is 4.68. The lowest BCUT2D eigenvalue weighted by molar-refractivity contribution is 0.104. The van der Waals surface area contributed by atoms with Crippen LogP contribution >= 0.6 is 0 Å². The number of hydrogen-bond acceptors (Lipinski definition) is 5. The Labute approximate surface area is 191 Å².